The van der Waals surface area contributed by atoms with Crippen LogP contribution in [-0.4, -0.2) is 36.7 Å². The van der Waals surface area contributed by atoms with Crippen LogP contribution in [-0.2, 0) is 0 Å². The number of rotatable bonds is 4. The Hall–Kier alpha value is -3.14. The Morgan fingerprint density at radius 2 is 1.74 bits per heavy atom. The first-order chi connectivity index (χ1) is 13.1. The molecule has 1 atom stereocenters. The molecule has 0 amide bonds. The molecule has 0 spiro atoms. The molecule has 2 aromatic rings. The molecule has 2 aliphatic heterocycles. The summed E-state index contributed by atoms with van der Waals surface area (Å²) < 4.78 is 5.20. The molecule has 2 heterocycles. The van der Waals surface area contributed by atoms with E-state index in [1.165, 1.54) is 5.57 Å². The summed E-state index contributed by atoms with van der Waals surface area (Å²) in [6.07, 6.45) is 6.13. The number of ketones is 1. The fourth-order valence-electron chi connectivity index (χ4n) is 3.42. The van der Waals surface area contributed by atoms with Crippen molar-refractivity contribution < 1.29 is 9.53 Å². The van der Waals surface area contributed by atoms with E-state index in [9.17, 15) is 4.79 Å². The number of ether oxygens (including phenoxy) is 1. The number of carbonyl (C=O) groups excluding carboxylic acids is 1. The Labute approximate surface area is 159 Å². The molecule has 0 radical (unpaired) electrons. The van der Waals surface area contributed by atoms with Crippen LogP contribution in [0.3, 0.4) is 0 Å². The number of hydrogen-bond acceptors (Lipinski definition) is 4. The van der Waals surface area contributed by atoms with Crippen molar-refractivity contribution in [1.82, 2.24) is 4.90 Å². The van der Waals surface area contributed by atoms with Crippen molar-refractivity contribution in [2.75, 3.05) is 20.2 Å². The van der Waals surface area contributed by atoms with Crippen LogP contribution in [0.5, 0.6) is 5.75 Å². The van der Waals surface area contributed by atoms with E-state index in [0.717, 1.165) is 28.3 Å². The van der Waals surface area contributed by atoms with Crippen LogP contribution in [0.15, 0.2) is 77.4 Å². The van der Waals surface area contributed by atoms with E-state index in [1.807, 2.05) is 54.7 Å². The number of fused-ring (bicyclic) bond motifs is 1. The highest BCUT2D eigenvalue weighted by molar-refractivity contribution is 6.01. The summed E-state index contributed by atoms with van der Waals surface area (Å²) in [6.45, 7) is 3.28. The van der Waals surface area contributed by atoms with Gasteiger partial charge in [0.25, 0.3) is 0 Å². The van der Waals surface area contributed by atoms with Gasteiger partial charge in [-0.25, -0.2) is 0 Å². The van der Waals surface area contributed by atoms with E-state index in [0.29, 0.717) is 13.1 Å². The molecule has 0 fully saturated rings. The Morgan fingerprint density at radius 3 is 2.41 bits per heavy atom. The fourth-order valence-corrected chi connectivity index (χ4v) is 3.42. The Balaban J connectivity index is 1.49. The van der Waals surface area contributed by atoms with Crippen molar-refractivity contribution in [2.45, 2.75) is 6.92 Å². The average molecular weight is 358 g/mol. The fraction of sp³-hybridized carbons (Fsp3) is 0.217. The van der Waals surface area contributed by atoms with Gasteiger partial charge in [-0.05, 0) is 47.9 Å². The van der Waals surface area contributed by atoms with Crippen LogP contribution in [0, 0.1) is 5.92 Å². The zero-order valence-corrected chi connectivity index (χ0v) is 15.6. The van der Waals surface area contributed by atoms with Gasteiger partial charge in [0.15, 0.2) is 5.78 Å². The van der Waals surface area contributed by atoms with Gasteiger partial charge < -0.3 is 9.64 Å². The third-order valence-electron chi connectivity index (χ3n) is 5.02. The molecule has 0 saturated carbocycles. The number of Topliss-reactive ketones (excluding diaryl/α,β-unsaturated/α-hetero) is 1. The van der Waals surface area contributed by atoms with E-state index in [2.05, 4.69) is 29.0 Å². The average Bonchev–Trinajstić information content (AvgIpc) is 2.73. The van der Waals surface area contributed by atoms with E-state index >= 15 is 0 Å². The standard InChI is InChI=1S/C23H22N2O2/c1-16-11-12-25-15-20(14-24-22(25)13-16)23(26)19-5-3-17(4-6-19)18-7-9-21(27-2)10-8-18/h3-13,20H,14-15H2,1-2H3. The second-order valence-electron chi connectivity index (χ2n) is 6.92. The SMILES string of the molecule is COc1ccc(-c2ccc(C(=O)C3CN=C4C=C(C)C=CN4C3)cc2)cc1. The van der Waals surface area contributed by atoms with Crippen molar-refractivity contribution >= 4 is 11.6 Å². The topological polar surface area (TPSA) is 41.9 Å². The number of methoxy groups -OCH3 is 1. The van der Waals surface area contributed by atoms with Crippen LogP contribution in [0.25, 0.3) is 11.1 Å². The van der Waals surface area contributed by atoms with E-state index in [4.69, 9.17) is 4.74 Å². The van der Waals surface area contributed by atoms with Crippen molar-refractivity contribution in [3.05, 3.63) is 78.0 Å². The molecule has 2 aliphatic rings. The molecule has 0 bridgehead atoms. The number of nitrogens with zero attached hydrogens (tertiary/aromatic N) is 2. The van der Waals surface area contributed by atoms with E-state index < -0.39 is 0 Å². The Bertz CT molecular complexity index is 937. The Morgan fingerprint density at radius 1 is 1.07 bits per heavy atom. The van der Waals surface area contributed by atoms with Gasteiger partial charge in [0.05, 0.1) is 19.6 Å². The summed E-state index contributed by atoms with van der Waals surface area (Å²) in [7, 11) is 1.66. The minimum atomic E-state index is -0.114. The molecule has 27 heavy (non-hydrogen) atoms. The number of carbonyl (C=O) groups is 1. The number of allylic oxidation sites excluding steroid dienone is 2. The van der Waals surface area contributed by atoms with Gasteiger partial charge >= 0.3 is 0 Å². The van der Waals surface area contributed by atoms with Gasteiger partial charge in [-0.2, -0.15) is 0 Å². The lowest BCUT2D eigenvalue weighted by Gasteiger charge is -2.31. The minimum Gasteiger partial charge on any atom is -0.497 e. The van der Waals surface area contributed by atoms with Gasteiger partial charge in [-0.3, -0.25) is 9.79 Å². The molecular weight excluding hydrogens is 336 g/mol. The molecule has 4 rings (SSSR count). The summed E-state index contributed by atoms with van der Waals surface area (Å²) in [6, 6.07) is 15.7. The number of hydrogen-bond donors (Lipinski definition) is 0. The highest BCUT2D eigenvalue weighted by atomic mass is 16.5. The summed E-state index contributed by atoms with van der Waals surface area (Å²) >= 11 is 0. The Kier molecular flexibility index (Phi) is 4.63. The highest BCUT2D eigenvalue weighted by Crippen LogP contribution is 2.24. The second-order valence-corrected chi connectivity index (χ2v) is 6.92. The number of amidine groups is 1. The normalized spacial score (nSPS) is 18.4. The molecule has 0 aromatic heterocycles. The predicted octanol–water partition coefficient (Wildman–Crippen LogP) is 4.35. The summed E-state index contributed by atoms with van der Waals surface area (Å²) in [5.41, 5.74) is 4.10. The molecule has 0 aliphatic carbocycles. The van der Waals surface area contributed by atoms with E-state index in [-0.39, 0.29) is 11.7 Å². The van der Waals surface area contributed by atoms with Crippen molar-refractivity contribution in [3.63, 3.8) is 0 Å². The van der Waals surface area contributed by atoms with Gasteiger partial charge in [0.2, 0.25) is 0 Å². The van der Waals surface area contributed by atoms with Gasteiger partial charge in [-0.1, -0.05) is 36.4 Å². The van der Waals surface area contributed by atoms with E-state index in [1.54, 1.807) is 7.11 Å². The van der Waals surface area contributed by atoms with Crippen molar-refractivity contribution in [3.8, 4) is 16.9 Å². The molecule has 4 nitrogen and oxygen atoms in total. The maximum atomic E-state index is 12.9. The maximum absolute atomic E-state index is 12.9. The van der Waals surface area contributed by atoms with Crippen molar-refractivity contribution in [2.24, 2.45) is 10.9 Å². The molecule has 0 saturated heterocycles. The number of benzene rings is 2. The largest absolute Gasteiger partial charge is 0.497 e. The lowest BCUT2D eigenvalue weighted by Crippen LogP contribution is -2.40. The number of aliphatic imine (C=N–C) groups is 1. The van der Waals surface area contributed by atoms with Crippen LogP contribution in [0.1, 0.15) is 17.3 Å². The molecule has 136 valence electrons. The maximum Gasteiger partial charge on any atom is 0.169 e. The summed E-state index contributed by atoms with van der Waals surface area (Å²) in [5, 5.41) is 0. The van der Waals surface area contributed by atoms with Crippen LogP contribution in [0.2, 0.25) is 0 Å². The molecule has 0 N–H and O–H groups in total. The first kappa shape index (κ1) is 17.3. The first-order valence-corrected chi connectivity index (χ1v) is 9.10. The lowest BCUT2D eigenvalue weighted by molar-refractivity contribution is 0.0909. The first-order valence-electron chi connectivity index (χ1n) is 9.10. The lowest BCUT2D eigenvalue weighted by atomic mass is 9.94. The predicted molar refractivity (Wildman–Crippen MR) is 108 cm³/mol. The van der Waals surface area contributed by atoms with Crippen molar-refractivity contribution in [1.29, 1.82) is 0 Å². The van der Waals surface area contributed by atoms with Crippen LogP contribution >= 0.6 is 0 Å². The molecule has 2 aromatic carbocycles. The van der Waals surface area contributed by atoms with Gasteiger partial charge in [-0.15, -0.1) is 0 Å². The zero-order valence-electron chi connectivity index (χ0n) is 15.6. The quantitative estimate of drug-likeness (QED) is 0.763. The van der Waals surface area contributed by atoms with Gasteiger partial charge in [0, 0.05) is 18.3 Å². The summed E-state index contributed by atoms with van der Waals surface area (Å²) in [5.74, 6) is 1.82. The highest BCUT2D eigenvalue weighted by Gasteiger charge is 2.27. The molecule has 4 heteroatoms. The zero-order chi connectivity index (χ0) is 18.8. The smallest absolute Gasteiger partial charge is 0.169 e. The third-order valence-corrected chi connectivity index (χ3v) is 5.02. The minimum absolute atomic E-state index is 0.114. The van der Waals surface area contributed by atoms with Crippen LogP contribution in [0.4, 0.5) is 0 Å². The van der Waals surface area contributed by atoms with Crippen LogP contribution < -0.4 is 4.74 Å². The second kappa shape index (κ2) is 7.23. The molecular formula is C23H22N2O2. The summed E-state index contributed by atoms with van der Waals surface area (Å²) in [4.78, 5) is 19.6. The molecule has 1 unspecified atom stereocenters. The van der Waals surface area contributed by atoms with Gasteiger partial charge in [0.1, 0.15) is 11.6 Å². The third kappa shape index (κ3) is 3.56. The monoisotopic (exact) mass is 358 g/mol.